The summed E-state index contributed by atoms with van der Waals surface area (Å²) in [6, 6.07) is 0. The maximum Gasteiger partial charge on any atom is 0.355 e. The van der Waals surface area contributed by atoms with Crippen LogP contribution in [0, 0.1) is 0 Å². The molecule has 96 valence electrons. The summed E-state index contributed by atoms with van der Waals surface area (Å²) in [4.78, 5) is 10.5. The van der Waals surface area contributed by atoms with E-state index in [0.717, 1.165) is 0 Å². The van der Waals surface area contributed by atoms with Gasteiger partial charge in [0.15, 0.2) is 5.72 Å². The molecular formula is C6H15N3O7. The number of carbonyl (C=O) groups is 1. The first-order chi connectivity index (χ1) is 6.92. The molecule has 0 saturated heterocycles. The summed E-state index contributed by atoms with van der Waals surface area (Å²) in [7, 11) is 0. The third-order valence-electron chi connectivity index (χ3n) is 2.20. The molecule has 0 aliphatic rings. The van der Waals surface area contributed by atoms with E-state index in [1.807, 2.05) is 0 Å². The van der Waals surface area contributed by atoms with Gasteiger partial charge >= 0.3 is 5.97 Å². The molecule has 0 aromatic carbocycles. The Morgan fingerprint density at radius 3 is 1.81 bits per heavy atom. The summed E-state index contributed by atoms with van der Waals surface area (Å²) in [5.41, 5.74) is 4.32. The minimum atomic E-state index is -3.54. The SMILES string of the molecule is N[C@@](O)([C@@](N)(O)C(=O)O)[C@](N)(O)[C@H](O)CO. The van der Waals surface area contributed by atoms with Crippen LogP contribution in [0.2, 0.25) is 0 Å². The van der Waals surface area contributed by atoms with Gasteiger partial charge in [-0.3, -0.25) is 17.2 Å². The fourth-order valence-corrected chi connectivity index (χ4v) is 0.861. The number of aliphatic carboxylic acids is 1. The van der Waals surface area contributed by atoms with Gasteiger partial charge < -0.3 is 30.6 Å². The van der Waals surface area contributed by atoms with Gasteiger partial charge in [0, 0.05) is 0 Å². The van der Waals surface area contributed by atoms with Gasteiger partial charge in [-0.05, 0) is 0 Å². The molecule has 0 radical (unpaired) electrons. The molecule has 0 aliphatic carbocycles. The third kappa shape index (κ3) is 2.00. The van der Waals surface area contributed by atoms with Gasteiger partial charge in [0.05, 0.1) is 6.61 Å². The van der Waals surface area contributed by atoms with E-state index in [0.29, 0.717) is 0 Å². The molecule has 0 aliphatic heterocycles. The van der Waals surface area contributed by atoms with E-state index in [1.54, 1.807) is 0 Å². The first kappa shape index (κ1) is 15.2. The normalized spacial score (nSPS) is 25.0. The quantitative estimate of drug-likeness (QED) is 0.208. The summed E-state index contributed by atoms with van der Waals surface area (Å²) in [6.07, 6.45) is -2.23. The molecule has 0 bridgehead atoms. The van der Waals surface area contributed by atoms with Crippen molar-refractivity contribution >= 4 is 5.97 Å². The van der Waals surface area contributed by atoms with Crippen LogP contribution >= 0.6 is 0 Å². The van der Waals surface area contributed by atoms with Crippen molar-refractivity contribution in [2.75, 3.05) is 6.61 Å². The van der Waals surface area contributed by atoms with Crippen molar-refractivity contribution in [2.24, 2.45) is 17.2 Å². The topological polar surface area (TPSA) is 217 Å². The largest absolute Gasteiger partial charge is 0.478 e. The van der Waals surface area contributed by atoms with E-state index >= 15 is 0 Å². The zero-order valence-corrected chi connectivity index (χ0v) is 8.11. The molecule has 0 aromatic heterocycles. The van der Waals surface area contributed by atoms with E-state index in [1.165, 1.54) is 0 Å². The number of hydrogen-bond donors (Lipinski definition) is 9. The van der Waals surface area contributed by atoms with Gasteiger partial charge in [-0.2, -0.15) is 0 Å². The number of nitrogens with two attached hydrogens (primary N) is 3. The second-order valence-electron chi connectivity index (χ2n) is 3.36. The number of aliphatic hydroxyl groups excluding tert-OH is 2. The lowest BCUT2D eigenvalue weighted by molar-refractivity contribution is -0.271. The third-order valence-corrected chi connectivity index (χ3v) is 2.20. The first-order valence-electron chi connectivity index (χ1n) is 3.99. The van der Waals surface area contributed by atoms with Gasteiger partial charge in [-0.25, -0.2) is 4.79 Å². The van der Waals surface area contributed by atoms with Crippen molar-refractivity contribution in [3.8, 4) is 0 Å². The predicted molar refractivity (Wildman–Crippen MR) is 48.1 cm³/mol. The highest BCUT2D eigenvalue weighted by atomic mass is 16.5. The van der Waals surface area contributed by atoms with E-state index in [4.69, 9.17) is 32.5 Å². The van der Waals surface area contributed by atoms with E-state index in [2.05, 4.69) is 0 Å². The number of carboxylic acid groups (broad SMARTS) is 1. The summed E-state index contributed by atoms with van der Waals surface area (Å²) in [5.74, 6) is -2.19. The molecule has 0 aromatic rings. The Hall–Kier alpha value is -0.850. The fourth-order valence-electron chi connectivity index (χ4n) is 0.861. The van der Waals surface area contributed by atoms with Crippen molar-refractivity contribution in [1.29, 1.82) is 0 Å². The van der Waals surface area contributed by atoms with Crippen molar-refractivity contribution in [3.63, 3.8) is 0 Å². The van der Waals surface area contributed by atoms with E-state index in [9.17, 15) is 20.1 Å². The van der Waals surface area contributed by atoms with Crippen LogP contribution < -0.4 is 17.2 Å². The van der Waals surface area contributed by atoms with Crippen LogP contribution in [0.3, 0.4) is 0 Å². The van der Waals surface area contributed by atoms with Crippen molar-refractivity contribution in [2.45, 2.75) is 23.3 Å². The molecule has 16 heavy (non-hydrogen) atoms. The Morgan fingerprint density at radius 2 is 1.56 bits per heavy atom. The molecule has 0 heterocycles. The average Bonchev–Trinajstić information content (AvgIpc) is 2.15. The van der Waals surface area contributed by atoms with Gasteiger partial charge in [-0.15, -0.1) is 0 Å². The molecule has 0 amide bonds. The number of rotatable bonds is 5. The van der Waals surface area contributed by atoms with Crippen LogP contribution in [0.1, 0.15) is 0 Å². The molecule has 12 N–H and O–H groups in total. The molecular weight excluding hydrogens is 226 g/mol. The number of carboxylic acids is 1. The zero-order valence-electron chi connectivity index (χ0n) is 8.11. The molecule has 0 unspecified atom stereocenters. The maximum atomic E-state index is 10.5. The standard InChI is InChI=1S/C6H15N3O7/c7-4(14,2(11)1-10)6(9,16)5(8,15)3(12)13/h2,10-11,14-16H,1,7-9H2,(H,12,13)/t2-,4-,5+,6+/m1/s1. The zero-order chi connectivity index (χ0) is 13.4. The van der Waals surface area contributed by atoms with Gasteiger partial charge in [0.2, 0.25) is 5.72 Å². The fraction of sp³-hybridized carbons (Fsp3) is 0.833. The highest BCUT2D eigenvalue weighted by Gasteiger charge is 2.63. The molecule has 0 fully saturated rings. The highest BCUT2D eigenvalue weighted by Crippen LogP contribution is 2.24. The Morgan fingerprint density at radius 1 is 1.19 bits per heavy atom. The summed E-state index contributed by atoms with van der Waals surface area (Å²) in [6.45, 7) is -1.15. The Balaban J connectivity index is 5.42. The maximum absolute atomic E-state index is 10.5. The van der Waals surface area contributed by atoms with Crippen LogP contribution in [0.4, 0.5) is 0 Å². The second kappa shape index (κ2) is 4.20. The molecule has 4 atom stereocenters. The molecule has 0 spiro atoms. The highest BCUT2D eigenvalue weighted by molar-refractivity contribution is 5.78. The van der Waals surface area contributed by atoms with Gasteiger partial charge in [-0.1, -0.05) is 0 Å². The van der Waals surface area contributed by atoms with E-state index in [-0.39, 0.29) is 0 Å². The van der Waals surface area contributed by atoms with Crippen molar-refractivity contribution < 1.29 is 35.4 Å². The lowest BCUT2D eigenvalue weighted by Gasteiger charge is -2.45. The lowest BCUT2D eigenvalue weighted by atomic mass is 9.86. The number of aliphatic hydroxyl groups is 5. The second-order valence-corrected chi connectivity index (χ2v) is 3.36. The predicted octanol–water partition coefficient (Wildman–Crippen LogP) is -5.63. The van der Waals surface area contributed by atoms with Gasteiger partial charge in [0.25, 0.3) is 5.72 Å². The van der Waals surface area contributed by atoms with Crippen LogP contribution in [0.25, 0.3) is 0 Å². The average molecular weight is 241 g/mol. The van der Waals surface area contributed by atoms with Gasteiger partial charge in [0.1, 0.15) is 6.10 Å². The van der Waals surface area contributed by atoms with Crippen molar-refractivity contribution in [1.82, 2.24) is 0 Å². The Kier molecular flexibility index (Phi) is 3.97. The Bertz CT molecular complexity index is 277. The van der Waals surface area contributed by atoms with Crippen LogP contribution in [0.5, 0.6) is 0 Å². The molecule has 0 rings (SSSR count). The monoisotopic (exact) mass is 241 g/mol. The molecule has 0 saturated carbocycles. The number of hydrogen-bond acceptors (Lipinski definition) is 9. The molecule has 10 heteroatoms. The van der Waals surface area contributed by atoms with Crippen molar-refractivity contribution in [3.05, 3.63) is 0 Å². The van der Waals surface area contributed by atoms with E-state index < -0.39 is 35.9 Å². The summed E-state index contributed by atoms with van der Waals surface area (Å²) in [5, 5.41) is 54.0. The first-order valence-corrected chi connectivity index (χ1v) is 3.99. The lowest BCUT2D eigenvalue weighted by Crippen LogP contribution is -2.84. The molecule has 10 nitrogen and oxygen atoms in total. The van der Waals surface area contributed by atoms with Crippen LogP contribution in [-0.2, 0) is 4.79 Å². The van der Waals surface area contributed by atoms with Crippen LogP contribution in [-0.4, -0.2) is 66.5 Å². The summed E-state index contributed by atoms with van der Waals surface area (Å²) < 4.78 is 0. The smallest absolute Gasteiger partial charge is 0.355 e. The minimum Gasteiger partial charge on any atom is -0.478 e. The minimum absolute atomic E-state index is 1.15. The Labute approximate surface area is 89.5 Å². The summed E-state index contributed by atoms with van der Waals surface area (Å²) >= 11 is 0. The van der Waals surface area contributed by atoms with Crippen LogP contribution in [0.15, 0.2) is 0 Å².